The topological polar surface area (TPSA) is 35.5 Å². The van der Waals surface area contributed by atoms with Crippen LogP contribution in [0.15, 0.2) is 18.2 Å². The molecule has 1 unspecified atom stereocenters. The normalized spacial score (nSPS) is 12.3. The average molecular weight is 250 g/mol. The summed E-state index contributed by atoms with van der Waals surface area (Å²) >= 11 is 0. The van der Waals surface area contributed by atoms with Gasteiger partial charge in [-0.25, -0.2) is 0 Å². The molecule has 1 atom stereocenters. The van der Waals surface area contributed by atoms with Crippen molar-refractivity contribution in [3.05, 3.63) is 29.3 Å². The van der Waals surface area contributed by atoms with Gasteiger partial charge in [-0.2, -0.15) is 0 Å². The Kier molecular flexibility index (Phi) is 5.20. The van der Waals surface area contributed by atoms with Crippen molar-refractivity contribution >= 4 is 5.97 Å². The predicted octanol–water partition coefficient (Wildman–Crippen LogP) is 3.45. The van der Waals surface area contributed by atoms with Crippen LogP contribution in [0.3, 0.4) is 0 Å². The largest absolute Gasteiger partial charge is 0.490 e. The van der Waals surface area contributed by atoms with Gasteiger partial charge >= 0.3 is 5.97 Å². The number of carbonyl (C=O) groups excluding carboxylic acids is 1. The van der Waals surface area contributed by atoms with E-state index < -0.39 is 0 Å². The number of hydrogen-bond donors (Lipinski definition) is 0. The number of aryl methyl sites for hydroxylation is 1. The van der Waals surface area contributed by atoms with Gasteiger partial charge in [0, 0.05) is 0 Å². The minimum absolute atomic E-state index is 0.179. The molecule has 0 saturated heterocycles. The lowest BCUT2D eigenvalue weighted by Crippen LogP contribution is -2.18. The molecule has 0 aliphatic carbocycles. The lowest BCUT2D eigenvalue weighted by molar-refractivity contribution is -0.142. The zero-order chi connectivity index (χ0) is 13.7. The van der Waals surface area contributed by atoms with Gasteiger partial charge in [-0.15, -0.1) is 0 Å². The molecule has 0 heterocycles. The van der Waals surface area contributed by atoms with Crippen molar-refractivity contribution in [1.82, 2.24) is 0 Å². The molecule has 3 nitrogen and oxygen atoms in total. The number of ether oxygens (including phenoxy) is 2. The van der Waals surface area contributed by atoms with Crippen molar-refractivity contribution < 1.29 is 14.3 Å². The van der Waals surface area contributed by atoms with Crippen LogP contribution < -0.4 is 4.74 Å². The van der Waals surface area contributed by atoms with Crippen LogP contribution in [0.2, 0.25) is 0 Å². The molecular weight excluding hydrogens is 228 g/mol. The van der Waals surface area contributed by atoms with E-state index in [2.05, 4.69) is 31.6 Å². The highest BCUT2D eigenvalue weighted by Crippen LogP contribution is 2.24. The molecule has 0 bridgehead atoms. The van der Waals surface area contributed by atoms with Gasteiger partial charge in [-0.05, 0) is 43.0 Å². The molecule has 0 aliphatic heterocycles. The molecule has 0 aliphatic rings. The number of carbonyl (C=O) groups is 1. The Bertz CT molecular complexity index is 410. The van der Waals surface area contributed by atoms with E-state index in [0.717, 1.165) is 5.75 Å². The zero-order valence-electron chi connectivity index (χ0n) is 11.8. The van der Waals surface area contributed by atoms with E-state index in [-0.39, 0.29) is 18.5 Å². The molecule has 0 N–H and O–H groups in total. The average Bonchev–Trinajstić information content (AvgIpc) is 2.28. The second-order valence-corrected chi connectivity index (χ2v) is 4.88. The highest BCUT2D eigenvalue weighted by atomic mass is 16.5. The summed E-state index contributed by atoms with van der Waals surface area (Å²) in [6.45, 7) is 8.28. The van der Waals surface area contributed by atoms with E-state index in [1.54, 1.807) is 0 Å². The van der Waals surface area contributed by atoms with Gasteiger partial charge in [-0.3, -0.25) is 4.79 Å². The Hall–Kier alpha value is -1.51. The molecule has 1 aromatic rings. The first-order valence-corrected chi connectivity index (χ1v) is 6.28. The first-order chi connectivity index (χ1) is 8.43. The lowest BCUT2D eigenvalue weighted by Gasteiger charge is -2.16. The predicted molar refractivity (Wildman–Crippen MR) is 72.0 cm³/mol. The Morgan fingerprint density at radius 3 is 2.44 bits per heavy atom. The van der Waals surface area contributed by atoms with Crippen LogP contribution in [0.25, 0.3) is 0 Å². The number of esters is 1. The molecule has 0 saturated carbocycles. The maximum atomic E-state index is 11.1. The van der Waals surface area contributed by atoms with Gasteiger partial charge in [-0.1, -0.05) is 19.9 Å². The second kappa shape index (κ2) is 6.43. The minimum Gasteiger partial charge on any atom is -0.490 e. The summed E-state index contributed by atoms with van der Waals surface area (Å²) in [5.41, 5.74) is 2.54. The molecule has 100 valence electrons. The Balaban J connectivity index is 2.68. The Morgan fingerprint density at radius 2 is 1.94 bits per heavy atom. The van der Waals surface area contributed by atoms with Crippen LogP contribution in [0.1, 0.15) is 44.2 Å². The van der Waals surface area contributed by atoms with Gasteiger partial charge in [0.05, 0.1) is 13.5 Å². The van der Waals surface area contributed by atoms with Crippen molar-refractivity contribution in [3.8, 4) is 5.75 Å². The fourth-order valence-corrected chi connectivity index (χ4v) is 1.96. The molecule has 0 fully saturated rings. The van der Waals surface area contributed by atoms with Gasteiger partial charge in [0.15, 0.2) is 0 Å². The van der Waals surface area contributed by atoms with E-state index in [1.165, 1.54) is 18.2 Å². The smallest absolute Gasteiger partial charge is 0.309 e. The van der Waals surface area contributed by atoms with Crippen molar-refractivity contribution in [2.75, 3.05) is 7.11 Å². The molecule has 1 rings (SSSR count). The molecule has 0 aromatic heterocycles. The molecule has 3 heteroatoms. The van der Waals surface area contributed by atoms with Crippen LogP contribution in [-0.4, -0.2) is 19.2 Å². The van der Waals surface area contributed by atoms with Crippen molar-refractivity contribution in [2.24, 2.45) is 0 Å². The van der Waals surface area contributed by atoms with E-state index >= 15 is 0 Å². The van der Waals surface area contributed by atoms with Gasteiger partial charge in [0.1, 0.15) is 11.9 Å². The Morgan fingerprint density at radius 1 is 1.28 bits per heavy atom. The summed E-state index contributed by atoms with van der Waals surface area (Å²) in [4.78, 5) is 11.1. The van der Waals surface area contributed by atoms with E-state index in [9.17, 15) is 4.79 Å². The summed E-state index contributed by atoms with van der Waals surface area (Å²) in [5, 5.41) is 0. The molecule has 1 aromatic carbocycles. The third-order valence-corrected chi connectivity index (χ3v) is 2.88. The van der Waals surface area contributed by atoms with Crippen LogP contribution in [0.4, 0.5) is 0 Å². The third kappa shape index (κ3) is 4.06. The quantitative estimate of drug-likeness (QED) is 0.751. The van der Waals surface area contributed by atoms with Gasteiger partial charge < -0.3 is 9.47 Å². The molecule has 0 radical (unpaired) electrons. The van der Waals surface area contributed by atoms with Gasteiger partial charge in [0.25, 0.3) is 0 Å². The first kappa shape index (κ1) is 14.6. The highest BCUT2D eigenvalue weighted by Gasteiger charge is 2.11. The van der Waals surface area contributed by atoms with Crippen LogP contribution in [0, 0.1) is 6.92 Å². The monoisotopic (exact) mass is 250 g/mol. The maximum Gasteiger partial charge on any atom is 0.309 e. The first-order valence-electron chi connectivity index (χ1n) is 6.28. The number of benzene rings is 1. The molecule has 0 amide bonds. The van der Waals surface area contributed by atoms with E-state index in [4.69, 9.17) is 4.74 Å². The SMILES string of the molecule is COC(=O)CC(C)Oc1ccc(C(C)C)c(C)c1. The van der Waals surface area contributed by atoms with E-state index in [0.29, 0.717) is 5.92 Å². The van der Waals surface area contributed by atoms with Crippen LogP contribution in [-0.2, 0) is 9.53 Å². The summed E-state index contributed by atoms with van der Waals surface area (Å²) < 4.78 is 10.3. The van der Waals surface area contributed by atoms with Gasteiger partial charge in [0.2, 0.25) is 0 Å². The maximum absolute atomic E-state index is 11.1. The summed E-state index contributed by atoms with van der Waals surface area (Å²) in [7, 11) is 1.39. The third-order valence-electron chi connectivity index (χ3n) is 2.88. The number of methoxy groups -OCH3 is 1. The standard InChI is InChI=1S/C15H22O3/c1-10(2)14-7-6-13(8-11(14)3)18-12(4)9-15(16)17-5/h6-8,10,12H,9H2,1-5H3. The minimum atomic E-state index is -0.252. The van der Waals surface area contributed by atoms with Crippen LogP contribution >= 0.6 is 0 Å². The number of rotatable bonds is 5. The lowest BCUT2D eigenvalue weighted by atomic mass is 9.98. The van der Waals surface area contributed by atoms with Crippen molar-refractivity contribution in [3.63, 3.8) is 0 Å². The van der Waals surface area contributed by atoms with Crippen molar-refractivity contribution in [1.29, 1.82) is 0 Å². The fraction of sp³-hybridized carbons (Fsp3) is 0.533. The highest BCUT2D eigenvalue weighted by molar-refractivity contribution is 5.69. The molecule has 18 heavy (non-hydrogen) atoms. The summed E-state index contributed by atoms with van der Waals surface area (Å²) in [6, 6.07) is 6.05. The summed E-state index contributed by atoms with van der Waals surface area (Å²) in [6.07, 6.45) is 0.0864. The number of hydrogen-bond acceptors (Lipinski definition) is 3. The second-order valence-electron chi connectivity index (χ2n) is 4.88. The molecule has 0 spiro atoms. The van der Waals surface area contributed by atoms with Crippen LogP contribution in [0.5, 0.6) is 5.75 Å². The Labute approximate surface area is 109 Å². The van der Waals surface area contributed by atoms with Crippen molar-refractivity contribution in [2.45, 2.75) is 46.1 Å². The fourth-order valence-electron chi connectivity index (χ4n) is 1.96. The molecular formula is C15H22O3. The zero-order valence-corrected chi connectivity index (χ0v) is 11.8. The summed E-state index contributed by atoms with van der Waals surface area (Å²) in [5.74, 6) is 1.05. The van der Waals surface area contributed by atoms with E-state index in [1.807, 2.05) is 19.1 Å².